The molecule has 1 aromatic heterocycles. The van der Waals surface area contributed by atoms with Gasteiger partial charge in [0, 0.05) is 11.8 Å². The van der Waals surface area contributed by atoms with Gasteiger partial charge in [-0.05, 0) is 30.3 Å². The van der Waals surface area contributed by atoms with Gasteiger partial charge in [0.15, 0.2) is 18.1 Å². The van der Waals surface area contributed by atoms with Crippen molar-refractivity contribution in [1.82, 2.24) is 4.98 Å². The topological polar surface area (TPSA) is 79.7 Å². The van der Waals surface area contributed by atoms with Gasteiger partial charge in [0.2, 0.25) is 0 Å². The number of carboxylic acids is 1. The zero-order valence-electron chi connectivity index (χ0n) is 11.0. The van der Waals surface area contributed by atoms with Crippen LogP contribution in [0, 0.1) is 0 Å². The molecule has 0 aliphatic rings. The van der Waals surface area contributed by atoms with E-state index in [0.29, 0.717) is 11.8 Å². The van der Waals surface area contributed by atoms with E-state index in [9.17, 15) is 23.1 Å². The van der Waals surface area contributed by atoms with E-state index >= 15 is 0 Å². The van der Waals surface area contributed by atoms with Crippen LogP contribution in [0.15, 0.2) is 36.5 Å². The molecule has 1 heterocycles. The number of carbonyl (C=O) groups is 1. The van der Waals surface area contributed by atoms with Crippen molar-refractivity contribution in [2.45, 2.75) is 6.18 Å². The van der Waals surface area contributed by atoms with Crippen LogP contribution >= 0.6 is 0 Å². The van der Waals surface area contributed by atoms with Crippen LogP contribution in [0.5, 0.6) is 11.5 Å². The molecule has 0 aliphatic carbocycles. The van der Waals surface area contributed by atoms with Crippen molar-refractivity contribution in [2.24, 2.45) is 0 Å². The summed E-state index contributed by atoms with van der Waals surface area (Å²) in [6.07, 6.45) is -3.77. The van der Waals surface area contributed by atoms with E-state index in [4.69, 9.17) is 9.84 Å². The molecule has 0 fully saturated rings. The third kappa shape index (κ3) is 3.66. The van der Waals surface area contributed by atoms with Crippen LogP contribution in [0.1, 0.15) is 5.56 Å². The van der Waals surface area contributed by atoms with E-state index in [1.807, 2.05) is 0 Å². The van der Waals surface area contributed by atoms with Crippen molar-refractivity contribution < 1.29 is 32.9 Å². The molecule has 0 aliphatic heterocycles. The van der Waals surface area contributed by atoms with Crippen LogP contribution in [-0.2, 0) is 11.0 Å². The summed E-state index contributed by atoms with van der Waals surface area (Å²) in [5, 5.41) is 18.2. The average molecular weight is 313 g/mol. The number of phenols is 1. The number of rotatable bonds is 4. The number of pyridine rings is 1. The number of alkyl halides is 3. The molecule has 5 nitrogen and oxygen atoms in total. The van der Waals surface area contributed by atoms with E-state index in [1.54, 1.807) is 0 Å². The van der Waals surface area contributed by atoms with Gasteiger partial charge in [-0.3, -0.25) is 4.98 Å². The minimum Gasteiger partial charge on any atom is -0.504 e. The first kappa shape index (κ1) is 15.6. The van der Waals surface area contributed by atoms with E-state index < -0.39 is 24.3 Å². The summed E-state index contributed by atoms with van der Waals surface area (Å²) in [6, 6.07) is 6.05. The van der Waals surface area contributed by atoms with Crippen molar-refractivity contribution in [3.63, 3.8) is 0 Å². The van der Waals surface area contributed by atoms with Gasteiger partial charge in [-0.25, -0.2) is 4.79 Å². The molecule has 0 saturated carbocycles. The number of hydrogen-bond acceptors (Lipinski definition) is 4. The van der Waals surface area contributed by atoms with Gasteiger partial charge >= 0.3 is 12.1 Å². The first-order chi connectivity index (χ1) is 10.3. The van der Waals surface area contributed by atoms with E-state index in [1.165, 1.54) is 24.3 Å². The van der Waals surface area contributed by atoms with Crippen LogP contribution in [0.25, 0.3) is 11.3 Å². The van der Waals surface area contributed by atoms with Gasteiger partial charge < -0.3 is 14.9 Å². The number of aromatic hydroxyl groups is 1. The molecular weight excluding hydrogens is 303 g/mol. The van der Waals surface area contributed by atoms with Crippen molar-refractivity contribution in [2.75, 3.05) is 6.61 Å². The first-order valence-electron chi connectivity index (χ1n) is 5.98. The van der Waals surface area contributed by atoms with Gasteiger partial charge in [-0.2, -0.15) is 13.2 Å². The molecular formula is C14H10F3NO4. The number of carboxylic acid groups (broad SMARTS) is 1. The predicted molar refractivity (Wildman–Crippen MR) is 69.5 cm³/mol. The summed E-state index contributed by atoms with van der Waals surface area (Å²) in [7, 11) is 0. The average Bonchev–Trinajstić information content (AvgIpc) is 2.45. The second-order valence-electron chi connectivity index (χ2n) is 4.29. The summed E-state index contributed by atoms with van der Waals surface area (Å²) in [4.78, 5) is 14.1. The molecule has 0 unspecified atom stereocenters. The highest BCUT2D eigenvalue weighted by Gasteiger charge is 2.30. The maximum absolute atomic E-state index is 12.4. The molecule has 0 radical (unpaired) electrons. The number of ether oxygens (including phenoxy) is 1. The molecule has 0 amide bonds. The Balaban J connectivity index is 2.23. The van der Waals surface area contributed by atoms with Gasteiger partial charge in [0.05, 0.1) is 11.3 Å². The normalized spacial score (nSPS) is 11.2. The Hall–Kier alpha value is -2.77. The molecule has 2 rings (SSSR count). The Morgan fingerprint density at radius 3 is 2.45 bits per heavy atom. The fraction of sp³-hybridized carbons (Fsp3) is 0.143. The Bertz CT molecular complexity index is 683. The largest absolute Gasteiger partial charge is 0.504 e. The maximum Gasteiger partial charge on any atom is 0.417 e. The highest BCUT2D eigenvalue weighted by atomic mass is 19.4. The lowest BCUT2D eigenvalue weighted by atomic mass is 10.1. The highest BCUT2D eigenvalue weighted by molar-refractivity contribution is 5.69. The molecule has 2 N–H and O–H groups in total. The number of halogens is 3. The number of aliphatic carboxylic acids is 1. The van der Waals surface area contributed by atoms with Gasteiger partial charge in [0.25, 0.3) is 0 Å². The zero-order valence-corrected chi connectivity index (χ0v) is 11.0. The van der Waals surface area contributed by atoms with Crippen molar-refractivity contribution in [1.29, 1.82) is 0 Å². The summed E-state index contributed by atoms with van der Waals surface area (Å²) >= 11 is 0. The third-order valence-corrected chi connectivity index (χ3v) is 2.70. The smallest absolute Gasteiger partial charge is 0.417 e. The lowest BCUT2D eigenvalue weighted by Crippen LogP contribution is -2.09. The van der Waals surface area contributed by atoms with E-state index in [2.05, 4.69) is 4.98 Å². The van der Waals surface area contributed by atoms with Crippen LogP contribution in [0.3, 0.4) is 0 Å². The van der Waals surface area contributed by atoms with Crippen LogP contribution in [0.2, 0.25) is 0 Å². The second kappa shape index (κ2) is 5.92. The lowest BCUT2D eigenvalue weighted by molar-refractivity contribution is -0.139. The SMILES string of the molecule is O=C(O)COc1ccc(-c2ccc(C(F)(F)F)cn2)cc1O. The number of nitrogens with zero attached hydrogens (tertiary/aromatic N) is 1. The lowest BCUT2D eigenvalue weighted by Gasteiger charge is -2.09. The Labute approximate surface area is 122 Å². The number of phenolic OH excluding ortho intramolecular Hbond substituents is 1. The van der Waals surface area contributed by atoms with E-state index in [0.717, 1.165) is 6.07 Å². The maximum atomic E-state index is 12.4. The van der Waals surface area contributed by atoms with Crippen LogP contribution in [-0.4, -0.2) is 27.8 Å². The summed E-state index contributed by atoms with van der Waals surface area (Å²) in [6.45, 7) is -0.620. The number of benzene rings is 1. The summed E-state index contributed by atoms with van der Waals surface area (Å²) in [5.74, 6) is -1.58. The fourth-order valence-corrected chi connectivity index (χ4v) is 1.67. The quantitative estimate of drug-likeness (QED) is 0.907. The zero-order chi connectivity index (χ0) is 16.3. The Kier molecular flexibility index (Phi) is 4.20. The molecule has 2 aromatic rings. The number of hydrogen-bond donors (Lipinski definition) is 2. The number of aromatic nitrogens is 1. The Morgan fingerprint density at radius 2 is 1.95 bits per heavy atom. The molecule has 1 aromatic carbocycles. The monoisotopic (exact) mass is 313 g/mol. The summed E-state index contributed by atoms with van der Waals surface area (Å²) in [5.41, 5.74) is -0.274. The molecule has 0 bridgehead atoms. The Morgan fingerprint density at radius 1 is 1.23 bits per heavy atom. The molecule has 8 heteroatoms. The summed E-state index contributed by atoms with van der Waals surface area (Å²) < 4.78 is 42.2. The molecule has 0 atom stereocenters. The highest BCUT2D eigenvalue weighted by Crippen LogP contribution is 2.33. The van der Waals surface area contributed by atoms with Gasteiger partial charge in [0.1, 0.15) is 0 Å². The second-order valence-corrected chi connectivity index (χ2v) is 4.29. The van der Waals surface area contributed by atoms with Crippen molar-refractivity contribution in [3.05, 3.63) is 42.1 Å². The minimum absolute atomic E-state index is 0.0435. The van der Waals surface area contributed by atoms with Gasteiger partial charge in [-0.15, -0.1) is 0 Å². The third-order valence-electron chi connectivity index (χ3n) is 2.70. The van der Waals surface area contributed by atoms with Crippen LogP contribution in [0.4, 0.5) is 13.2 Å². The molecule has 0 spiro atoms. The first-order valence-corrected chi connectivity index (χ1v) is 5.98. The van der Waals surface area contributed by atoms with E-state index in [-0.39, 0.29) is 17.2 Å². The standard InChI is InChI=1S/C14H10F3NO4/c15-14(16,17)9-2-3-10(18-6-9)8-1-4-12(11(19)5-8)22-7-13(20)21/h1-6,19H,7H2,(H,20,21). The van der Waals surface area contributed by atoms with Crippen molar-refractivity contribution >= 4 is 5.97 Å². The predicted octanol–water partition coefficient (Wildman–Crippen LogP) is 2.94. The van der Waals surface area contributed by atoms with Gasteiger partial charge in [-0.1, -0.05) is 0 Å². The van der Waals surface area contributed by atoms with Crippen molar-refractivity contribution in [3.8, 4) is 22.8 Å². The fourth-order valence-electron chi connectivity index (χ4n) is 1.67. The van der Waals surface area contributed by atoms with Crippen LogP contribution < -0.4 is 4.74 Å². The molecule has 116 valence electrons. The minimum atomic E-state index is -4.47. The molecule has 22 heavy (non-hydrogen) atoms. The molecule has 0 saturated heterocycles.